The van der Waals surface area contributed by atoms with Gasteiger partial charge in [0, 0.05) is 13.1 Å². The van der Waals surface area contributed by atoms with Crippen LogP contribution in [0, 0.1) is 0 Å². The van der Waals surface area contributed by atoms with Gasteiger partial charge < -0.3 is 20.5 Å². The fourth-order valence-corrected chi connectivity index (χ4v) is 1.68. The van der Waals surface area contributed by atoms with Gasteiger partial charge in [0.15, 0.2) is 0 Å². The zero-order valence-corrected chi connectivity index (χ0v) is 8.11. The van der Waals surface area contributed by atoms with Gasteiger partial charge in [0.05, 0.1) is 24.9 Å². The third-order valence-electron chi connectivity index (χ3n) is 2.84. The topological polar surface area (TPSA) is 75.8 Å². The van der Waals surface area contributed by atoms with Crippen molar-refractivity contribution in [2.45, 2.75) is 24.5 Å². The lowest BCUT2D eigenvalue weighted by Crippen LogP contribution is -2.53. The van der Waals surface area contributed by atoms with Gasteiger partial charge in [-0.15, -0.1) is 0 Å². The molecule has 1 aliphatic carbocycles. The minimum Gasteiger partial charge on any atom is -0.394 e. The van der Waals surface area contributed by atoms with E-state index in [1.165, 1.54) is 0 Å². The molecule has 0 aromatic heterocycles. The zero-order chi connectivity index (χ0) is 10.2. The molecule has 1 unspecified atom stereocenters. The summed E-state index contributed by atoms with van der Waals surface area (Å²) in [6.07, 6.45) is 1.33. The summed E-state index contributed by atoms with van der Waals surface area (Å²) in [6, 6.07) is 0. The van der Waals surface area contributed by atoms with Crippen molar-refractivity contribution in [1.82, 2.24) is 4.90 Å². The van der Waals surface area contributed by atoms with Gasteiger partial charge >= 0.3 is 0 Å². The number of carbonyl (C=O) groups excluding carboxylic acids is 1. The van der Waals surface area contributed by atoms with Gasteiger partial charge in [0.1, 0.15) is 0 Å². The van der Waals surface area contributed by atoms with Crippen LogP contribution in [0.15, 0.2) is 0 Å². The molecule has 14 heavy (non-hydrogen) atoms. The second kappa shape index (κ2) is 3.49. The van der Waals surface area contributed by atoms with Crippen molar-refractivity contribution in [2.24, 2.45) is 5.73 Å². The highest BCUT2D eigenvalue weighted by Gasteiger charge is 2.48. The summed E-state index contributed by atoms with van der Waals surface area (Å²) in [5.74, 6) is 0.0132. The first-order valence-electron chi connectivity index (χ1n) is 4.96. The predicted molar refractivity (Wildman–Crippen MR) is 49.6 cm³/mol. The van der Waals surface area contributed by atoms with Crippen molar-refractivity contribution in [3.8, 4) is 0 Å². The Hall–Kier alpha value is -0.650. The number of hydrogen-bond donors (Lipinski definition) is 2. The normalized spacial score (nSPS) is 30.1. The molecule has 1 atom stereocenters. The number of rotatable bonds is 2. The second-order valence-corrected chi connectivity index (χ2v) is 4.08. The number of ether oxygens (including phenoxy) is 1. The number of nitrogens with zero attached hydrogens (tertiary/aromatic N) is 1. The molecule has 2 fully saturated rings. The summed E-state index contributed by atoms with van der Waals surface area (Å²) in [6.45, 7) is 1.51. The van der Waals surface area contributed by atoms with Gasteiger partial charge in [-0.25, -0.2) is 0 Å². The molecular formula is C9H16N2O3. The minimum atomic E-state index is -0.600. The van der Waals surface area contributed by atoms with E-state index in [9.17, 15) is 4.79 Å². The molecule has 80 valence electrons. The van der Waals surface area contributed by atoms with Gasteiger partial charge in [-0.2, -0.15) is 0 Å². The number of aliphatic hydroxyl groups is 1. The maximum Gasteiger partial charge on any atom is 0.242 e. The molecular weight excluding hydrogens is 184 g/mol. The first-order valence-corrected chi connectivity index (χ1v) is 4.96. The maximum atomic E-state index is 11.8. The number of carbonyl (C=O) groups is 1. The lowest BCUT2D eigenvalue weighted by Gasteiger charge is -2.33. The molecule has 0 aromatic rings. The van der Waals surface area contributed by atoms with Crippen LogP contribution in [0.2, 0.25) is 0 Å². The maximum absolute atomic E-state index is 11.8. The highest BCUT2D eigenvalue weighted by Crippen LogP contribution is 2.34. The van der Waals surface area contributed by atoms with Crippen LogP contribution in [0.1, 0.15) is 12.8 Å². The Balaban J connectivity index is 1.93. The monoisotopic (exact) mass is 200 g/mol. The van der Waals surface area contributed by atoms with Crippen LogP contribution in [-0.4, -0.2) is 53.9 Å². The molecule has 0 spiro atoms. The van der Waals surface area contributed by atoms with Gasteiger partial charge in [-0.1, -0.05) is 0 Å². The highest BCUT2D eigenvalue weighted by atomic mass is 16.5. The van der Waals surface area contributed by atoms with Gasteiger partial charge in [-0.3, -0.25) is 4.79 Å². The van der Waals surface area contributed by atoms with Crippen LogP contribution in [0.25, 0.3) is 0 Å². The Morgan fingerprint density at radius 3 is 2.93 bits per heavy atom. The third kappa shape index (κ3) is 1.75. The Morgan fingerprint density at radius 2 is 2.36 bits per heavy atom. The number of amides is 1. The molecule has 1 aliphatic heterocycles. The SMILES string of the molecule is NC1(C(=O)N2CCOC(CO)C2)CC1. The Labute approximate surface area is 82.8 Å². The van der Waals surface area contributed by atoms with E-state index in [1.54, 1.807) is 4.90 Å². The summed E-state index contributed by atoms with van der Waals surface area (Å²) in [5, 5.41) is 8.91. The Bertz CT molecular complexity index is 240. The summed E-state index contributed by atoms with van der Waals surface area (Å²) >= 11 is 0. The second-order valence-electron chi connectivity index (χ2n) is 4.08. The lowest BCUT2D eigenvalue weighted by atomic mass is 10.2. The zero-order valence-electron chi connectivity index (χ0n) is 8.11. The molecule has 0 bridgehead atoms. The fraction of sp³-hybridized carbons (Fsp3) is 0.889. The van der Waals surface area contributed by atoms with E-state index in [2.05, 4.69) is 0 Å². The Morgan fingerprint density at radius 1 is 1.64 bits per heavy atom. The van der Waals surface area contributed by atoms with Gasteiger partial charge in [-0.05, 0) is 12.8 Å². The van der Waals surface area contributed by atoms with Gasteiger partial charge in [0.25, 0.3) is 0 Å². The van der Waals surface area contributed by atoms with E-state index < -0.39 is 5.54 Å². The highest BCUT2D eigenvalue weighted by molar-refractivity contribution is 5.89. The summed E-state index contributed by atoms with van der Waals surface area (Å²) in [7, 11) is 0. The lowest BCUT2D eigenvalue weighted by molar-refractivity contribution is -0.142. The molecule has 2 aliphatic rings. The van der Waals surface area contributed by atoms with E-state index in [0.717, 1.165) is 12.8 Å². The number of aliphatic hydroxyl groups excluding tert-OH is 1. The van der Waals surface area contributed by atoms with Crippen LogP contribution in [0.3, 0.4) is 0 Å². The average Bonchev–Trinajstić information content (AvgIpc) is 2.97. The van der Waals surface area contributed by atoms with E-state index in [1.807, 2.05) is 0 Å². The molecule has 3 N–H and O–H groups in total. The van der Waals surface area contributed by atoms with Crippen LogP contribution in [0.5, 0.6) is 0 Å². The molecule has 5 heteroatoms. The summed E-state index contributed by atoms with van der Waals surface area (Å²) < 4.78 is 5.26. The van der Waals surface area contributed by atoms with Crippen molar-refractivity contribution in [1.29, 1.82) is 0 Å². The van der Waals surface area contributed by atoms with Crippen molar-refractivity contribution in [2.75, 3.05) is 26.3 Å². The number of nitrogens with two attached hydrogens (primary N) is 1. The molecule has 2 rings (SSSR count). The van der Waals surface area contributed by atoms with E-state index in [-0.39, 0.29) is 18.6 Å². The molecule has 1 heterocycles. The number of hydrogen-bond acceptors (Lipinski definition) is 4. The average molecular weight is 200 g/mol. The van der Waals surface area contributed by atoms with E-state index in [4.69, 9.17) is 15.6 Å². The standard InChI is InChI=1S/C9H16N2O3/c10-9(1-2-9)8(13)11-3-4-14-7(5-11)6-12/h7,12H,1-6,10H2. The van der Waals surface area contributed by atoms with Gasteiger partial charge in [0.2, 0.25) is 5.91 Å². The quantitative estimate of drug-likeness (QED) is 0.581. The van der Waals surface area contributed by atoms with Crippen molar-refractivity contribution in [3.05, 3.63) is 0 Å². The van der Waals surface area contributed by atoms with Crippen LogP contribution in [0.4, 0.5) is 0 Å². The van der Waals surface area contributed by atoms with E-state index >= 15 is 0 Å². The predicted octanol–water partition coefficient (Wildman–Crippen LogP) is -1.30. The smallest absolute Gasteiger partial charge is 0.242 e. The molecule has 1 saturated heterocycles. The van der Waals surface area contributed by atoms with Crippen LogP contribution < -0.4 is 5.73 Å². The third-order valence-corrected chi connectivity index (χ3v) is 2.84. The van der Waals surface area contributed by atoms with Crippen molar-refractivity contribution >= 4 is 5.91 Å². The molecule has 0 aromatic carbocycles. The summed E-state index contributed by atoms with van der Waals surface area (Å²) in [5.41, 5.74) is 5.21. The molecule has 1 saturated carbocycles. The number of morpholine rings is 1. The fourth-order valence-electron chi connectivity index (χ4n) is 1.68. The molecule has 5 nitrogen and oxygen atoms in total. The Kier molecular flexibility index (Phi) is 2.47. The minimum absolute atomic E-state index is 0.0132. The summed E-state index contributed by atoms with van der Waals surface area (Å²) in [4.78, 5) is 13.5. The van der Waals surface area contributed by atoms with Crippen molar-refractivity contribution in [3.63, 3.8) is 0 Å². The molecule has 1 amide bonds. The largest absolute Gasteiger partial charge is 0.394 e. The van der Waals surface area contributed by atoms with Crippen LogP contribution in [-0.2, 0) is 9.53 Å². The van der Waals surface area contributed by atoms with Crippen LogP contribution >= 0.6 is 0 Å². The first-order chi connectivity index (χ1) is 6.65. The van der Waals surface area contributed by atoms with Crippen molar-refractivity contribution < 1.29 is 14.6 Å². The molecule has 0 radical (unpaired) electrons. The van der Waals surface area contributed by atoms with E-state index in [0.29, 0.717) is 19.7 Å². The first kappa shape index (κ1) is 9.89.